The van der Waals surface area contributed by atoms with Gasteiger partial charge in [0.1, 0.15) is 0 Å². The van der Waals surface area contributed by atoms with Crippen LogP contribution in [0.2, 0.25) is 0 Å². The van der Waals surface area contributed by atoms with E-state index >= 15 is 0 Å². The highest BCUT2D eigenvalue weighted by Crippen LogP contribution is 2.33. The lowest BCUT2D eigenvalue weighted by Gasteiger charge is -2.28. The molecule has 0 spiro atoms. The third kappa shape index (κ3) is 4.73. The topological polar surface area (TPSA) is 94.0 Å². The maximum absolute atomic E-state index is 12.3. The Balaban J connectivity index is 0.00000225. The first-order valence-electron chi connectivity index (χ1n) is 10.2. The number of hydrogen-bond donors (Lipinski definition) is 2. The molecule has 2 fully saturated rings. The second kappa shape index (κ2) is 9.52. The fourth-order valence-corrected chi connectivity index (χ4v) is 4.30. The van der Waals surface area contributed by atoms with E-state index in [0.717, 1.165) is 49.7 Å². The Hall–Kier alpha value is -1.92. The Morgan fingerprint density at radius 2 is 1.75 bits per heavy atom. The molecule has 1 aromatic carbocycles. The largest absolute Gasteiger partial charge is 0.353 e. The van der Waals surface area contributed by atoms with E-state index in [1.54, 1.807) is 0 Å². The number of amides is 1. The maximum Gasteiger partial charge on any atom is 0.230 e. The van der Waals surface area contributed by atoms with Crippen molar-refractivity contribution in [2.24, 2.45) is 11.7 Å². The summed E-state index contributed by atoms with van der Waals surface area (Å²) in [5, 5.41) is 7.41. The van der Waals surface area contributed by atoms with Crippen molar-refractivity contribution in [1.82, 2.24) is 15.5 Å². The number of nitrogens with one attached hydrogen (secondary N) is 1. The molecule has 0 saturated heterocycles. The van der Waals surface area contributed by atoms with Crippen LogP contribution in [0.3, 0.4) is 0 Å². The van der Waals surface area contributed by atoms with Gasteiger partial charge in [-0.05, 0) is 44.1 Å². The molecule has 2 aliphatic rings. The summed E-state index contributed by atoms with van der Waals surface area (Å²) in [5.74, 6) is 2.14. The van der Waals surface area contributed by atoms with Crippen molar-refractivity contribution in [1.29, 1.82) is 0 Å². The molecule has 1 amide bonds. The minimum absolute atomic E-state index is 0. The fourth-order valence-electron chi connectivity index (χ4n) is 4.30. The third-order valence-electron chi connectivity index (χ3n) is 6.04. The van der Waals surface area contributed by atoms with Gasteiger partial charge in [0.2, 0.25) is 17.6 Å². The molecule has 2 aliphatic carbocycles. The van der Waals surface area contributed by atoms with Crippen LogP contribution >= 0.6 is 12.4 Å². The summed E-state index contributed by atoms with van der Waals surface area (Å²) in [6, 6.07) is 8.23. The van der Waals surface area contributed by atoms with Crippen LogP contribution in [0, 0.1) is 5.92 Å². The Kier molecular flexibility index (Phi) is 7.08. The molecule has 0 atom stereocenters. The third-order valence-corrected chi connectivity index (χ3v) is 6.04. The number of nitrogens with zero attached hydrogens (tertiary/aromatic N) is 2. The molecule has 2 aromatic rings. The average Bonchev–Trinajstić information content (AvgIpc) is 3.41. The van der Waals surface area contributed by atoms with Crippen LogP contribution in [0.15, 0.2) is 28.8 Å². The van der Waals surface area contributed by atoms with Gasteiger partial charge in [0.15, 0.2) is 0 Å². The summed E-state index contributed by atoms with van der Waals surface area (Å²) in [7, 11) is 0. The van der Waals surface area contributed by atoms with Crippen molar-refractivity contribution in [3.63, 3.8) is 0 Å². The predicted octanol–water partition coefficient (Wildman–Crippen LogP) is 3.95. The molecule has 6 nitrogen and oxygen atoms in total. The first kappa shape index (κ1) is 20.8. The van der Waals surface area contributed by atoms with Crippen LogP contribution in [-0.2, 0) is 11.3 Å². The van der Waals surface area contributed by atoms with E-state index in [2.05, 4.69) is 15.5 Å². The van der Waals surface area contributed by atoms with Crippen molar-refractivity contribution in [3.05, 3.63) is 35.7 Å². The lowest BCUT2D eigenvalue weighted by atomic mass is 9.85. The summed E-state index contributed by atoms with van der Waals surface area (Å²) in [6.45, 7) is 0.526. The number of hydrogen-bond acceptors (Lipinski definition) is 5. The lowest BCUT2D eigenvalue weighted by Crippen LogP contribution is -2.40. The number of benzene rings is 1. The molecule has 1 heterocycles. The summed E-state index contributed by atoms with van der Waals surface area (Å²) < 4.78 is 5.54. The van der Waals surface area contributed by atoms with E-state index in [-0.39, 0.29) is 30.2 Å². The summed E-state index contributed by atoms with van der Waals surface area (Å²) in [4.78, 5) is 16.9. The second-order valence-corrected chi connectivity index (χ2v) is 7.90. The highest BCUT2D eigenvalue weighted by Gasteiger charge is 2.29. The number of halogens is 1. The summed E-state index contributed by atoms with van der Waals surface area (Å²) in [5.41, 5.74) is 7.67. The number of nitrogens with two attached hydrogens (primary N) is 1. The molecule has 3 N–H and O–H groups in total. The first-order chi connectivity index (χ1) is 13.2. The Bertz CT molecular complexity index is 763. The molecule has 0 unspecified atom stereocenters. The van der Waals surface area contributed by atoms with Gasteiger partial charge >= 0.3 is 0 Å². The number of aromatic nitrogens is 2. The minimum Gasteiger partial charge on any atom is -0.353 e. The van der Waals surface area contributed by atoms with Gasteiger partial charge in [-0.3, -0.25) is 4.79 Å². The minimum atomic E-state index is 0. The first-order valence-corrected chi connectivity index (χ1v) is 10.2. The van der Waals surface area contributed by atoms with E-state index in [1.165, 1.54) is 12.8 Å². The molecule has 0 radical (unpaired) electrons. The Morgan fingerprint density at radius 3 is 2.39 bits per heavy atom. The molecule has 152 valence electrons. The van der Waals surface area contributed by atoms with Gasteiger partial charge in [-0.1, -0.05) is 42.3 Å². The molecule has 0 bridgehead atoms. The van der Waals surface area contributed by atoms with Gasteiger partial charge in [0.05, 0.1) is 0 Å². The molecular formula is C21H29ClN4O2. The summed E-state index contributed by atoms with van der Waals surface area (Å²) in [6.07, 6.45) is 8.40. The van der Waals surface area contributed by atoms with E-state index < -0.39 is 0 Å². The van der Waals surface area contributed by atoms with E-state index in [9.17, 15) is 4.79 Å². The van der Waals surface area contributed by atoms with Crippen LogP contribution < -0.4 is 11.1 Å². The average molecular weight is 405 g/mol. The van der Waals surface area contributed by atoms with Crippen LogP contribution in [0.5, 0.6) is 0 Å². The van der Waals surface area contributed by atoms with E-state index in [4.69, 9.17) is 10.3 Å². The van der Waals surface area contributed by atoms with Crippen LogP contribution in [0.1, 0.15) is 68.7 Å². The SMILES string of the molecule is Cl.NCc1ccc(-c2noc(C3CCC(NC(=O)C4CCCC4)CC3)n2)cc1. The van der Waals surface area contributed by atoms with Gasteiger partial charge in [0, 0.05) is 30.0 Å². The molecule has 28 heavy (non-hydrogen) atoms. The Morgan fingerprint density at radius 1 is 1.07 bits per heavy atom. The van der Waals surface area contributed by atoms with Crippen LogP contribution in [0.25, 0.3) is 11.4 Å². The zero-order valence-electron chi connectivity index (χ0n) is 16.1. The standard InChI is InChI=1S/C21H28N4O2.ClH/c22-13-14-5-7-15(8-6-14)19-24-21(27-25-19)17-9-11-18(12-10-17)23-20(26)16-3-1-2-4-16;/h5-8,16-18H,1-4,9-13,22H2,(H,23,26);1H. The highest BCUT2D eigenvalue weighted by atomic mass is 35.5. The van der Waals surface area contributed by atoms with Crippen molar-refractivity contribution >= 4 is 18.3 Å². The fraction of sp³-hybridized carbons (Fsp3) is 0.571. The van der Waals surface area contributed by atoms with Crippen LogP contribution in [-0.4, -0.2) is 22.1 Å². The van der Waals surface area contributed by atoms with Crippen molar-refractivity contribution in [3.8, 4) is 11.4 Å². The summed E-state index contributed by atoms with van der Waals surface area (Å²) >= 11 is 0. The quantitative estimate of drug-likeness (QED) is 0.786. The van der Waals surface area contributed by atoms with E-state index in [1.807, 2.05) is 24.3 Å². The van der Waals surface area contributed by atoms with Crippen LogP contribution in [0.4, 0.5) is 0 Å². The van der Waals surface area contributed by atoms with Gasteiger partial charge in [-0.15, -0.1) is 12.4 Å². The number of carbonyl (C=O) groups excluding carboxylic acids is 1. The van der Waals surface area contributed by atoms with E-state index in [0.29, 0.717) is 24.3 Å². The second-order valence-electron chi connectivity index (χ2n) is 7.90. The highest BCUT2D eigenvalue weighted by molar-refractivity contribution is 5.85. The molecule has 2 saturated carbocycles. The predicted molar refractivity (Wildman–Crippen MR) is 110 cm³/mol. The van der Waals surface area contributed by atoms with Crippen molar-refractivity contribution < 1.29 is 9.32 Å². The lowest BCUT2D eigenvalue weighted by molar-refractivity contribution is -0.125. The molecular weight excluding hydrogens is 376 g/mol. The zero-order valence-corrected chi connectivity index (χ0v) is 16.9. The molecule has 0 aliphatic heterocycles. The maximum atomic E-state index is 12.3. The van der Waals surface area contributed by atoms with Crippen molar-refractivity contribution in [2.45, 2.75) is 69.9 Å². The monoisotopic (exact) mass is 404 g/mol. The van der Waals surface area contributed by atoms with Crippen molar-refractivity contribution in [2.75, 3.05) is 0 Å². The zero-order chi connectivity index (χ0) is 18.6. The molecule has 1 aromatic heterocycles. The normalized spacial score (nSPS) is 22.6. The van der Waals surface area contributed by atoms with Gasteiger partial charge in [-0.25, -0.2) is 0 Å². The molecule has 7 heteroatoms. The molecule has 4 rings (SSSR count). The smallest absolute Gasteiger partial charge is 0.230 e. The number of carbonyl (C=O) groups is 1. The van der Waals surface area contributed by atoms with Gasteiger partial charge < -0.3 is 15.6 Å². The number of rotatable bonds is 5. The van der Waals surface area contributed by atoms with Gasteiger partial charge in [0.25, 0.3) is 0 Å². The van der Waals surface area contributed by atoms with Gasteiger partial charge in [-0.2, -0.15) is 4.98 Å². The Labute approximate surface area is 172 Å².